The van der Waals surface area contributed by atoms with Crippen LogP contribution in [0.15, 0.2) is 28.9 Å². The third-order valence-corrected chi connectivity index (χ3v) is 1.43. The summed E-state index contributed by atoms with van der Waals surface area (Å²) in [5, 5.41) is 0. The molecule has 0 atom stereocenters. The Hall–Kier alpha value is -0.850. The Morgan fingerprint density at radius 3 is 2.42 bits per heavy atom. The summed E-state index contributed by atoms with van der Waals surface area (Å²) >= 11 is 0. The van der Waals surface area contributed by atoms with E-state index in [1.54, 1.807) is 0 Å². The molecular weight excluding hydrogens is 146 g/mol. The molecule has 1 aliphatic rings. The van der Waals surface area contributed by atoms with Gasteiger partial charge in [-0.15, -0.1) is 0 Å². The van der Waals surface area contributed by atoms with Crippen molar-refractivity contribution in [1.29, 1.82) is 0 Å². The highest BCUT2D eigenvalue weighted by Crippen LogP contribution is 2.18. The van der Waals surface area contributed by atoms with Crippen LogP contribution in [0.5, 0.6) is 0 Å². The van der Waals surface area contributed by atoms with E-state index in [1.807, 2.05) is 32.3 Å². The molecule has 0 saturated carbocycles. The van der Waals surface area contributed by atoms with Crippen LogP contribution in [0.25, 0.3) is 0 Å². The van der Waals surface area contributed by atoms with Crippen molar-refractivity contribution in [3.63, 3.8) is 0 Å². The molecule has 1 heterocycles. The van der Waals surface area contributed by atoms with Gasteiger partial charge in [0.25, 0.3) is 0 Å². The Balaban J connectivity index is 0.000000561. The second-order valence-corrected chi connectivity index (χ2v) is 3.30. The van der Waals surface area contributed by atoms with Crippen LogP contribution in [-0.2, 0) is 0 Å². The molecule has 0 amide bonds. The quantitative estimate of drug-likeness (QED) is 0.520. The lowest BCUT2D eigenvalue weighted by Gasteiger charge is -2.12. The topological polar surface area (TPSA) is 12.4 Å². The molecule has 0 unspecified atom stereocenters. The molecule has 0 aromatic rings. The van der Waals surface area contributed by atoms with Crippen molar-refractivity contribution >= 4 is 6.21 Å². The minimum Gasteiger partial charge on any atom is -0.268 e. The van der Waals surface area contributed by atoms with Gasteiger partial charge in [0.1, 0.15) is 0 Å². The molecule has 0 fully saturated rings. The summed E-state index contributed by atoms with van der Waals surface area (Å²) in [7, 11) is 0. The summed E-state index contributed by atoms with van der Waals surface area (Å²) in [4.78, 5) is 4.12. The third kappa shape index (κ3) is 4.12. The van der Waals surface area contributed by atoms with Crippen molar-refractivity contribution < 1.29 is 0 Å². The SMILES string of the molecule is CC.CC1=CC(C)(C)C=NC=C1. The van der Waals surface area contributed by atoms with E-state index in [4.69, 9.17) is 0 Å². The Labute approximate surface area is 75.9 Å². The van der Waals surface area contributed by atoms with Crippen LogP contribution in [0.3, 0.4) is 0 Å². The second-order valence-electron chi connectivity index (χ2n) is 3.30. The zero-order valence-electron chi connectivity index (χ0n) is 8.76. The van der Waals surface area contributed by atoms with E-state index in [2.05, 4.69) is 31.8 Å². The predicted molar refractivity (Wildman–Crippen MR) is 56.5 cm³/mol. The molecule has 12 heavy (non-hydrogen) atoms. The molecule has 0 aromatic carbocycles. The van der Waals surface area contributed by atoms with Crippen LogP contribution in [-0.4, -0.2) is 6.21 Å². The lowest BCUT2D eigenvalue weighted by molar-refractivity contribution is 0.691. The first-order valence-corrected chi connectivity index (χ1v) is 4.50. The summed E-state index contributed by atoms with van der Waals surface area (Å²) < 4.78 is 0. The zero-order valence-corrected chi connectivity index (χ0v) is 8.76. The summed E-state index contributed by atoms with van der Waals surface area (Å²) in [6.07, 6.45) is 8.02. The minimum atomic E-state index is 0.119. The van der Waals surface area contributed by atoms with Crippen LogP contribution in [0, 0.1) is 5.41 Å². The molecule has 0 N–H and O–H groups in total. The maximum Gasteiger partial charge on any atom is 0.0266 e. The number of hydrogen-bond donors (Lipinski definition) is 0. The monoisotopic (exact) mass is 165 g/mol. The Bertz CT molecular complexity index is 207. The van der Waals surface area contributed by atoms with Crippen molar-refractivity contribution in [3.05, 3.63) is 23.9 Å². The molecule has 0 spiro atoms. The minimum absolute atomic E-state index is 0.119. The van der Waals surface area contributed by atoms with E-state index in [0.717, 1.165) is 0 Å². The van der Waals surface area contributed by atoms with Gasteiger partial charge < -0.3 is 0 Å². The number of nitrogens with zero attached hydrogens (tertiary/aromatic N) is 1. The van der Waals surface area contributed by atoms with Crippen LogP contribution < -0.4 is 0 Å². The van der Waals surface area contributed by atoms with Crippen LogP contribution in [0.2, 0.25) is 0 Å². The largest absolute Gasteiger partial charge is 0.268 e. The van der Waals surface area contributed by atoms with Gasteiger partial charge in [-0.3, -0.25) is 4.99 Å². The Morgan fingerprint density at radius 1 is 1.25 bits per heavy atom. The standard InChI is InChI=1S/C9H13N.C2H6/c1-8-4-5-10-7-9(2,3)6-8;1-2/h4-7H,1-3H3;1-2H3. The molecule has 68 valence electrons. The highest BCUT2D eigenvalue weighted by Gasteiger charge is 2.11. The van der Waals surface area contributed by atoms with E-state index < -0.39 is 0 Å². The molecule has 1 aliphatic heterocycles. The molecule has 0 aromatic heterocycles. The van der Waals surface area contributed by atoms with Gasteiger partial charge in [-0.25, -0.2) is 0 Å². The molecule has 1 rings (SSSR count). The number of hydrogen-bond acceptors (Lipinski definition) is 1. The summed E-state index contributed by atoms with van der Waals surface area (Å²) in [6, 6.07) is 0. The average Bonchev–Trinajstić information content (AvgIpc) is 2.14. The van der Waals surface area contributed by atoms with E-state index in [1.165, 1.54) is 5.57 Å². The number of aliphatic imine (C=N–C) groups is 1. The van der Waals surface area contributed by atoms with Gasteiger partial charge in [0.05, 0.1) is 0 Å². The lowest BCUT2D eigenvalue weighted by Crippen LogP contribution is -2.08. The van der Waals surface area contributed by atoms with Gasteiger partial charge in [-0.1, -0.05) is 39.3 Å². The third-order valence-electron chi connectivity index (χ3n) is 1.43. The smallest absolute Gasteiger partial charge is 0.0266 e. The van der Waals surface area contributed by atoms with Gasteiger partial charge in [-0.05, 0) is 13.0 Å². The van der Waals surface area contributed by atoms with Crippen molar-refractivity contribution in [3.8, 4) is 0 Å². The van der Waals surface area contributed by atoms with E-state index in [0.29, 0.717) is 0 Å². The summed E-state index contributed by atoms with van der Waals surface area (Å²) in [5.41, 5.74) is 1.40. The first-order chi connectivity index (χ1) is 5.60. The number of allylic oxidation sites excluding steroid dienone is 3. The molecule has 1 heteroatoms. The first kappa shape index (κ1) is 11.2. The number of rotatable bonds is 0. The Morgan fingerprint density at radius 2 is 1.83 bits per heavy atom. The molecule has 0 aliphatic carbocycles. The second kappa shape index (κ2) is 4.91. The average molecular weight is 165 g/mol. The van der Waals surface area contributed by atoms with Crippen molar-refractivity contribution in [2.75, 3.05) is 0 Å². The fraction of sp³-hybridized carbons (Fsp3) is 0.545. The van der Waals surface area contributed by atoms with Crippen LogP contribution in [0.4, 0.5) is 0 Å². The molecule has 0 bridgehead atoms. The highest BCUT2D eigenvalue weighted by atomic mass is 14.7. The van der Waals surface area contributed by atoms with Gasteiger partial charge in [0.2, 0.25) is 0 Å². The van der Waals surface area contributed by atoms with Gasteiger partial charge in [0, 0.05) is 17.8 Å². The predicted octanol–water partition coefficient (Wildman–Crippen LogP) is 3.58. The maximum absolute atomic E-state index is 4.12. The Kier molecular flexibility index (Phi) is 4.57. The van der Waals surface area contributed by atoms with Gasteiger partial charge in [-0.2, -0.15) is 0 Å². The normalized spacial score (nSPS) is 18.9. The summed E-state index contributed by atoms with van der Waals surface area (Å²) in [6.45, 7) is 10.4. The van der Waals surface area contributed by atoms with E-state index in [-0.39, 0.29) is 5.41 Å². The molecule has 0 radical (unpaired) electrons. The molecule has 1 nitrogen and oxygen atoms in total. The van der Waals surface area contributed by atoms with Crippen molar-refractivity contribution in [2.24, 2.45) is 10.4 Å². The van der Waals surface area contributed by atoms with Crippen LogP contribution >= 0.6 is 0 Å². The maximum atomic E-state index is 4.12. The fourth-order valence-corrected chi connectivity index (χ4v) is 1.07. The zero-order chi connectivity index (χ0) is 9.61. The van der Waals surface area contributed by atoms with Crippen molar-refractivity contribution in [1.82, 2.24) is 0 Å². The summed E-state index contributed by atoms with van der Waals surface area (Å²) in [5.74, 6) is 0. The molecule has 0 saturated heterocycles. The van der Waals surface area contributed by atoms with Crippen molar-refractivity contribution in [2.45, 2.75) is 34.6 Å². The van der Waals surface area contributed by atoms with Crippen LogP contribution in [0.1, 0.15) is 34.6 Å². The van der Waals surface area contributed by atoms with Gasteiger partial charge >= 0.3 is 0 Å². The van der Waals surface area contributed by atoms with E-state index >= 15 is 0 Å². The highest BCUT2D eigenvalue weighted by molar-refractivity contribution is 5.69. The first-order valence-electron chi connectivity index (χ1n) is 4.50. The fourth-order valence-electron chi connectivity index (χ4n) is 1.07. The lowest BCUT2D eigenvalue weighted by atomic mass is 9.93. The van der Waals surface area contributed by atoms with E-state index in [9.17, 15) is 0 Å². The van der Waals surface area contributed by atoms with Gasteiger partial charge in [0.15, 0.2) is 0 Å². The molecular formula is C11H19N.